The fourth-order valence-electron chi connectivity index (χ4n) is 18.7. The number of amides is 2. The molecule has 0 spiro atoms. The lowest BCUT2D eigenvalue weighted by Gasteiger charge is -2.19. The number of rotatable bonds is 32. The predicted molar refractivity (Wildman–Crippen MR) is 546 cm³/mol. The summed E-state index contributed by atoms with van der Waals surface area (Å²) in [6.07, 6.45) is 1.97. The predicted octanol–water partition coefficient (Wildman–Crippen LogP) is 20.3. The number of nitrogens with one attached hydrogen (secondary N) is 3. The largest absolute Gasteiger partial charge is 0.388 e. The molecule has 16 aromatic rings. The first-order chi connectivity index (χ1) is 63.8. The summed E-state index contributed by atoms with van der Waals surface area (Å²) in [4.78, 5) is 87.4. The first kappa shape index (κ1) is 96.6. The Bertz CT molecular complexity index is 6870. The van der Waals surface area contributed by atoms with Crippen LogP contribution in [0.3, 0.4) is 0 Å². The van der Waals surface area contributed by atoms with Crippen molar-refractivity contribution in [1.29, 1.82) is 0 Å². The van der Waals surface area contributed by atoms with Gasteiger partial charge in [-0.05, 0) is 251 Å². The fraction of sp³-hybridized carbons (Fsp3) is 0.339. The van der Waals surface area contributed by atoms with Crippen molar-refractivity contribution in [2.45, 2.75) is 129 Å². The number of nitro benzene ring substituents is 1. The highest BCUT2D eigenvalue weighted by Crippen LogP contribution is 2.44. The second kappa shape index (κ2) is 43.8. The van der Waals surface area contributed by atoms with Crippen LogP contribution in [0.5, 0.6) is 0 Å². The van der Waals surface area contributed by atoms with Gasteiger partial charge >= 0.3 is 0 Å². The number of non-ortho nitro benzene ring substituents is 1. The lowest BCUT2D eigenvalue weighted by Crippen LogP contribution is -2.27. The Kier molecular flexibility index (Phi) is 32.1. The lowest BCUT2D eigenvalue weighted by molar-refractivity contribution is -0.384. The second-order valence-electron chi connectivity index (χ2n) is 34.0. The van der Waals surface area contributed by atoms with Crippen molar-refractivity contribution in [3.63, 3.8) is 0 Å². The molecular formula is C109H129N15O8. The van der Waals surface area contributed by atoms with Gasteiger partial charge in [-0.2, -0.15) is 0 Å². The van der Waals surface area contributed by atoms with Crippen LogP contribution in [-0.4, -0.2) is 206 Å². The third-order valence-electron chi connectivity index (χ3n) is 26.4. The Morgan fingerprint density at radius 2 is 0.811 bits per heavy atom. The highest BCUT2D eigenvalue weighted by molar-refractivity contribution is 6.18. The van der Waals surface area contributed by atoms with Gasteiger partial charge in [-0.25, -0.2) is 0 Å². The minimum absolute atomic E-state index is 0.0172. The molecule has 4 N–H and O–H groups in total. The molecule has 0 fully saturated rings. The van der Waals surface area contributed by atoms with Gasteiger partial charge in [0.15, 0.2) is 17.3 Å². The SMILES string of the molecule is C=C1Cc2ccc3c(c2N1C)c1ccccc1n3CCN(CC)CC.CCN(CC)CCn1c2ccc(C(=O)NC)cc2c2cc(C(=O)NC)ccc21.CCN(CC)CCn1c2ccc(C(C)=O)cc2c2cc(-c3cccc(C)n3)ccc21.CCN(CC)CCn1c2ccc(C(C)=O)cc2c2cc(C(=O)CO)ccc21.CNCCCn1c2ccc(C)cc2c2cc([N+](=O)[O-])ccc21. The first-order valence-corrected chi connectivity index (χ1v) is 46.7. The molecule has 0 unspecified atom stereocenters. The number of nitro groups is 1. The molecule has 132 heavy (non-hydrogen) atoms. The molecule has 688 valence electrons. The number of ketones is 3. The van der Waals surface area contributed by atoms with Crippen molar-refractivity contribution >= 4 is 150 Å². The van der Waals surface area contributed by atoms with Gasteiger partial charge in [-0.3, -0.25) is 39.1 Å². The standard InChI is InChI=1S/C26H29N3O.C22H28N4O2.C22H27N3.C22H26N2O3.C17H19N3O2/c1-5-28(6-2)14-15-29-25-12-10-20(19(4)30)16-22(25)23-17-21(11-13-26(23)29)24-9-7-8-18(3)27-24;1-5-25(6-2)11-12-26-19-9-7-15(21(27)23-3)13-17(19)18-14-16(22(28)24-4)8-10-20(18)26;1-5-24(6-2)13-14-25-19-10-8-7-9-18(19)21-20(25)12-11-17-15-16(3)23(4)22(17)21;1-4-23(5-2)10-11-24-20-8-6-16(15(3)26)12-18(20)19-13-17(22(27)14-25)7-9-21(19)24;1-12-4-6-16-14(10-12)15-11-13(20(21)22)5-7-17(15)19(16)9-3-8-18-2/h7-13,16-17H,5-6,14-15H2,1-4H3;7-10,13-14H,5-6,11-12H2,1-4H3,(H,23,27)(H,24,28);7-12H,3,5-6,13-15H2,1-2,4H3;6-9,12-13,25H,4-5,10-11,14H2,1-3H3;4-7,10-11,18H,3,8-9H2,1-2H3. The summed E-state index contributed by atoms with van der Waals surface area (Å²) in [7, 11) is 7.35. The van der Waals surface area contributed by atoms with Gasteiger partial charge in [0, 0.05) is 247 Å². The van der Waals surface area contributed by atoms with E-state index >= 15 is 0 Å². The normalized spacial score (nSPS) is 12.0. The number of Topliss-reactive ketones (excluding diaryl/α,β-unsaturated/α-hetero) is 3. The van der Waals surface area contributed by atoms with Gasteiger partial charge in [0.1, 0.15) is 6.61 Å². The summed E-state index contributed by atoms with van der Waals surface area (Å²) in [5.41, 5.74) is 22.9. The van der Waals surface area contributed by atoms with E-state index in [1.807, 2.05) is 118 Å². The Morgan fingerprint density at radius 1 is 0.432 bits per heavy atom. The van der Waals surface area contributed by atoms with E-state index in [2.05, 4.69) is 217 Å². The maximum absolute atomic E-state index is 12.1. The number of hydrogen-bond donors (Lipinski definition) is 4. The second-order valence-corrected chi connectivity index (χ2v) is 34.0. The molecular weight excluding hydrogens is 1650 g/mol. The molecule has 10 aromatic carbocycles. The third-order valence-corrected chi connectivity index (χ3v) is 26.4. The van der Waals surface area contributed by atoms with E-state index in [0.717, 1.165) is 230 Å². The molecule has 23 heteroatoms. The molecule has 0 atom stereocenters. The number of likely N-dealkylation sites (N-methyl/N-ethyl adjacent to an activating group) is 5. The number of carbonyl (C=O) groups is 5. The molecule has 0 aliphatic carbocycles. The molecule has 2 amide bonds. The fourth-order valence-corrected chi connectivity index (χ4v) is 18.7. The van der Waals surface area contributed by atoms with Gasteiger partial charge in [-0.15, -0.1) is 0 Å². The summed E-state index contributed by atoms with van der Waals surface area (Å²) in [6, 6.07) is 66.5. The monoisotopic (exact) mass is 1780 g/mol. The van der Waals surface area contributed by atoms with E-state index in [1.165, 1.54) is 55.2 Å². The topological polar surface area (TPSA) is 239 Å². The summed E-state index contributed by atoms with van der Waals surface area (Å²) in [5.74, 6) is -0.425. The van der Waals surface area contributed by atoms with Crippen LogP contribution < -0.4 is 20.9 Å². The van der Waals surface area contributed by atoms with Crippen molar-refractivity contribution in [3.05, 3.63) is 267 Å². The average molecular weight is 1780 g/mol. The number of carbonyl (C=O) groups excluding carboxylic acids is 5. The van der Waals surface area contributed by atoms with Crippen LogP contribution in [0.4, 0.5) is 11.4 Å². The van der Waals surface area contributed by atoms with Crippen LogP contribution in [0, 0.1) is 24.0 Å². The summed E-state index contributed by atoms with van der Waals surface area (Å²) < 4.78 is 11.7. The molecule has 0 radical (unpaired) electrons. The Balaban J connectivity index is 0.000000141. The van der Waals surface area contributed by atoms with Crippen molar-refractivity contribution in [3.8, 4) is 11.3 Å². The molecule has 0 bridgehead atoms. The van der Waals surface area contributed by atoms with Crippen LogP contribution >= 0.6 is 0 Å². The molecule has 6 aromatic heterocycles. The quantitative estimate of drug-likeness (QED) is 0.0133. The number of fused-ring (bicyclic) bond motifs is 17. The van der Waals surface area contributed by atoms with E-state index < -0.39 is 6.61 Å². The van der Waals surface area contributed by atoms with E-state index in [1.54, 1.807) is 46.1 Å². The van der Waals surface area contributed by atoms with E-state index in [0.29, 0.717) is 22.3 Å². The van der Waals surface area contributed by atoms with Gasteiger partial charge in [0.25, 0.3) is 17.5 Å². The number of pyridine rings is 1. The molecule has 1 aliphatic heterocycles. The van der Waals surface area contributed by atoms with Gasteiger partial charge < -0.3 is 68.4 Å². The highest BCUT2D eigenvalue weighted by atomic mass is 16.6. The number of anilines is 1. The molecule has 0 saturated carbocycles. The first-order valence-electron chi connectivity index (χ1n) is 46.7. The van der Waals surface area contributed by atoms with Gasteiger partial charge in [-0.1, -0.05) is 110 Å². The number of nitrogens with zero attached hydrogens (tertiary/aromatic N) is 12. The Morgan fingerprint density at radius 3 is 1.25 bits per heavy atom. The van der Waals surface area contributed by atoms with Crippen LogP contribution in [-0.2, 0) is 39.1 Å². The molecule has 23 nitrogen and oxygen atoms in total. The lowest BCUT2D eigenvalue weighted by atomic mass is 10.0. The minimum atomic E-state index is -0.509. The van der Waals surface area contributed by atoms with Crippen molar-refractivity contribution < 1.29 is 34.0 Å². The summed E-state index contributed by atoms with van der Waals surface area (Å²) >= 11 is 0. The van der Waals surface area contributed by atoms with E-state index in [4.69, 9.17) is 4.98 Å². The number of benzene rings is 10. The number of para-hydroxylation sites is 1. The molecule has 0 saturated heterocycles. The summed E-state index contributed by atoms with van der Waals surface area (Å²) in [5, 5.41) is 39.7. The number of aromatic nitrogens is 6. The number of aryl methyl sites for hydroxylation is 3. The number of aliphatic hydroxyl groups is 1. The van der Waals surface area contributed by atoms with Crippen molar-refractivity contribution in [2.75, 3.05) is 125 Å². The van der Waals surface area contributed by atoms with Gasteiger partial charge in [0.2, 0.25) is 0 Å². The van der Waals surface area contributed by atoms with Crippen molar-refractivity contribution in [1.82, 2.24) is 63.4 Å². The van der Waals surface area contributed by atoms with Crippen LogP contribution in [0.15, 0.2) is 212 Å². The number of hydrogen-bond acceptors (Lipinski definition) is 15. The number of allylic oxidation sites excluding steroid dienone is 1. The van der Waals surface area contributed by atoms with Crippen LogP contribution in [0.2, 0.25) is 0 Å². The minimum Gasteiger partial charge on any atom is -0.388 e. The van der Waals surface area contributed by atoms with Gasteiger partial charge in [0.05, 0.1) is 21.8 Å². The molecule has 7 heterocycles. The van der Waals surface area contributed by atoms with E-state index in [-0.39, 0.29) is 39.8 Å². The zero-order chi connectivity index (χ0) is 94.3. The van der Waals surface area contributed by atoms with E-state index in [9.17, 15) is 39.2 Å². The third kappa shape index (κ3) is 20.7. The number of aliphatic hydroxyl groups excluding tert-OH is 1. The van der Waals surface area contributed by atoms with Crippen LogP contribution in [0.1, 0.15) is 144 Å². The van der Waals surface area contributed by atoms with Crippen molar-refractivity contribution in [2.24, 2.45) is 0 Å². The van der Waals surface area contributed by atoms with Crippen LogP contribution in [0.25, 0.3) is 120 Å². The molecule has 17 rings (SSSR count). The molecule has 1 aliphatic rings. The zero-order valence-corrected chi connectivity index (χ0v) is 79.8. The summed E-state index contributed by atoms with van der Waals surface area (Å²) in [6.45, 7) is 46.2. The Labute approximate surface area is 774 Å². The maximum atomic E-state index is 12.1. The Hall–Kier alpha value is -13.0. The average Bonchev–Trinajstić information content (AvgIpc) is 1.58. The smallest absolute Gasteiger partial charge is 0.270 e. The zero-order valence-electron chi connectivity index (χ0n) is 79.8. The maximum Gasteiger partial charge on any atom is 0.270 e. The highest BCUT2D eigenvalue weighted by Gasteiger charge is 2.27.